The molecule has 0 bridgehead atoms. The molecule has 0 fully saturated rings. The van der Waals surface area contributed by atoms with Crippen molar-refractivity contribution in [1.29, 1.82) is 5.26 Å². The van der Waals surface area contributed by atoms with Crippen LogP contribution in [0.4, 0.5) is 0 Å². The Morgan fingerprint density at radius 1 is 1.31 bits per heavy atom. The molecule has 0 amide bonds. The van der Waals surface area contributed by atoms with Gasteiger partial charge in [-0.3, -0.25) is 0 Å². The van der Waals surface area contributed by atoms with Crippen molar-refractivity contribution >= 4 is 23.2 Å². The minimum Gasteiger partial charge on any atom is -0.239 e. The van der Waals surface area contributed by atoms with Crippen LogP contribution in [0.3, 0.4) is 0 Å². The van der Waals surface area contributed by atoms with Crippen molar-refractivity contribution in [1.82, 2.24) is 4.98 Å². The Kier molecular flexibility index (Phi) is 2.15. The van der Waals surface area contributed by atoms with E-state index in [2.05, 4.69) is 4.98 Å². The van der Waals surface area contributed by atoms with Gasteiger partial charge in [0, 0.05) is 5.69 Å². The number of nitriles is 1. The van der Waals surface area contributed by atoms with E-state index in [-0.39, 0.29) is 5.15 Å². The van der Waals surface area contributed by atoms with Crippen molar-refractivity contribution in [3.05, 3.63) is 27.0 Å². The van der Waals surface area contributed by atoms with E-state index in [1.54, 1.807) is 0 Å². The molecule has 0 saturated carbocycles. The van der Waals surface area contributed by atoms with Gasteiger partial charge in [-0.15, -0.1) is 0 Å². The molecule has 0 unspecified atom stereocenters. The van der Waals surface area contributed by atoms with Gasteiger partial charge in [0.15, 0.2) is 0 Å². The number of pyridine rings is 1. The van der Waals surface area contributed by atoms with Gasteiger partial charge in [0.25, 0.3) is 0 Å². The third-order valence-electron chi connectivity index (χ3n) is 2.22. The first-order chi connectivity index (χ1) is 6.24. The molecule has 1 aromatic rings. The summed E-state index contributed by atoms with van der Waals surface area (Å²) < 4.78 is 0. The molecule has 13 heavy (non-hydrogen) atoms. The van der Waals surface area contributed by atoms with E-state index in [0.29, 0.717) is 10.6 Å². The van der Waals surface area contributed by atoms with Crippen LogP contribution in [0.5, 0.6) is 0 Å². The Bertz CT molecular complexity index is 406. The number of hydrogen-bond donors (Lipinski definition) is 0. The zero-order valence-electron chi connectivity index (χ0n) is 6.77. The van der Waals surface area contributed by atoms with Gasteiger partial charge in [-0.1, -0.05) is 23.2 Å². The standard InChI is InChI=1S/C9H6Cl2N2/c10-8-5-2-1-3-7(5)13-9(11)6(8)4-12/h1-3H2. The van der Waals surface area contributed by atoms with Crippen LogP contribution in [0.2, 0.25) is 10.2 Å². The van der Waals surface area contributed by atoms with Gasteiger partial charge in [0.2, 0.25) is 0 Å². The lowest BCUT2D eigenvalue weighted by Gasteiger charge is -2.04. The summed E-state index contributed by atoms with van der Waals surface area (Å²) >= 11 is 11.8. The minimum atomic E-state index is 0.230. The van der Waals surface area contributed by atoms with E-state index in [4.69, 9.17) is 28.5 Å². The van der Waals surface area contributed by atoms with Crippen molar-refractivity contribution in [3.8, 4) is 6.07 Å². The second-order valence-electron chi connectivity index (χ2n) is 2.98. The van der Waals surface area contributed by atoms with Crippen LogP contribution in [0.25, 0.3) is 0 Å². The SMILES string of the molecule is N#Cc1c(Cl)nc2c(c1Cl)CCC2. The molecule has 0 aliphatic heterocycles. The first kappa shape index (κ1) is 8.80. The Morgan fingerprint density at radius 2 is 2.08 bits per heavy atom. The molecule has 0 saturated heterocycles. The highest BCUT2D eigenvalue weighted by molar-refractivity contribution is 6.36. The minimum absolute atomic E-state index is 0.230. The number of fused-ring (bicyclic) bond motifs is 1. The van der Waals surface area contributed by atoms with Crippen LogP contribution in [-0.4, -0.2) is 4.98 Å². The molecule has 1 aliphatic carbocycles. The fourth-order valence-corrected chi connectivity index (χ4v) is 2.22. The Hall–Kier alpha value is -0.780. The summed E-state index contributed by atoms with van der Waals surface area (Å²) in [6, 6.07) is 1.97. The maximum Gasteiger partial charge on any atom is 0.148 e. The Labute approximate surface area is 86.1 Å². The van der Waals surface area contributed by atoms with Gasteiger partial charge < -0.3 is 0 Å². The summed E-state index contributed by atoms with van der Waals surface area (Å²) in [6.07, 6.45) is 2.88. The highest BCUT2D eigenvalue weighted by Gasteiger charge is 2.20. The lowest BCUT2D eigenvalue weighted by atomic mass is 10.1. The summed E-state index contributed by atoms with van der Waals surface area (Å²) in [5.41, 5.74) is 2.26. The molecule has 2 rings (SSSR count). The second-order valence-corrected chi connectivity index (χ2v) is 3.72. The van der Waals surface area contributed by atoms with Crippen LogP contribution in [0.15, 0.2) is 0 Å². The summed E-state index contributed by atoms with van der Waals surface area (Å²) in [4.78, 5) is 4.14. The maximum atomic E-state index is 8.77. The fraction of sp³-hybridized carbons (Fsp3) is 0.333. The van der Waals surface area contributed by atoms with Crippen molar-refractivity contribution in [3.63, 3.8) is 0 Å². The zero-order valence-corrected chi connectivity index (χ0v) is 8.28. The van der Waals surface area contributed by atoms with E-state index in [1.165, 1.54) is 0 Å². The topological polar surface area (TPSA) is 36.7 Å². The van der Waals surface area contributed by atoms with Crippen LogP contribution >= 0.6 is 23.2 Å². The molecule has 66 valence electrons. The van der Waals surface area contributed by atoms with Crippen molar-refractivity contribution in [2.75, 3.05) is 0 Å². The predicted molar refractivity (Wildman–Crippen MR) is 51.0 cm³/mol. The number of aromatic nitrogens is 1. The van der Waals surface area contributed by atoms with Crippen molar-refractivity contribution in [2.24, 2.45) is 0 Å². The smallest absolute Gasteiger partial charge is 0.148 e. The van der Waals surface area contributed by atoms with Gasteiger partial charge in [0.05, 0.1) is 5.02 Å². The zero-order chi connectivity index (χ0) is 9.42. The normalized spacial score (nSPS) is 13.9. The molecule has 2 nitrogen and oxygen atoms in total. The highest BCUT2D eigenvalue weighted by atomic mass is 35.5. The molecule has 0 radical (unpaired) electrons. The third-order valence-corrected chi connectivity index (χ3v) is 2.91. The van der Waals surface area contributed by atoms with E-state index >= 15 is 0 Å². The van der Waals surface area contributed by atoms with Gasteiger partial charge in [-0.2, -0.15) is 5.26 Å². The average molecular weight is 213 g/mol. The summed E-state index contributed by atoms with van der Waals surface area (Å²) in [5, 5.41) is 9.50. The Morgan fingerprint density at radius 3 is 2.77 bits per heavy atom. The van der Waals surface area contributed by atoms with Gasteiger partial charge in [-0.25, -0.2) is 4.98 Å². The van der Waals surface area contributed by atoms with Gasteiger partial charge in [0.1, 0.15) is 16.8 Å². The summed E-state index contributed by atoms with van der Waals surface area (Å²) in [7, 11) is 0. The first-order valence-corrected chi connectivity index (χ1v) is 4.76. The largest absolute Gasteiger partial charge is 0.239 e. The van der Waals surface area contributed by atoms with E-state index in [0.717, 1.165) is 30.5 Å². The predicted octanol–water partition coefficient (Wildman–Crippen LogP) is 2.75. The number of halogens is 2. The maximum absolute atomic E-state index is 8.77. The third kappa shape index (κ3) is 1.29. The van der Waals surface area contributed by atoms with Crippen molar-refractivity contribution < 1.29 is 0 Å². The van der Waals surface area contributed by atoms with Gasteiger partial charge in [-0.05, 0) is 24.8 Å². The average Bonchev–Trinajstić information content (AvgIpc) is 2.53. The van der Waals surface area contributed by atoms with Crippen LogP contribution in [0, 0.1) is 11.3 Å². The second kappa shape index (κ2) is 3.17. The molecular weight excluding hydrogens is 207 g/mol. The lowest BCUT2D eigenvalue weighted by Crippen LogP contribution is -1.94. The van der Waals surface area contributed by atoms with Crippen LogP contribution in [0.1, 0.15) is 23.2 Å². The van der Waals surface area contributed by atoms with Gasteiger partial charge >= 0.3 is 0 Å². The lowest BCUT2D eigenvalue weighted by molar-refractivity contribution is 0.899. The molecule has 0 aromatic carbocycles. The fourth-order valence-electron chi connectivity index (χ4n) is 1.60. The molecule has 1 heterocycles. The molecule has 1 aliphatic rings. The molecular formula is C9H6Cl2N2. The monoisotopic (exact) mass is 212 g/mol. The highest BCUT2D eigenvalue weighted by Crippen LogP contribution is 2.33. The van der Waals surface area contributed by atoms with E-state index in [9.17, 15) is 0 Å². The van der Waals surface area contributed by atoms with Crippen LogP contribution in [-0.2, 0) is 12.8 Å². The number of hydrogen-bond acceptors (Lipinski definition) is 2. The number of aryl methyl sites for hydroxylation is 1. The van der Waals surface area contributed by atoms with E-state index in [1.807, 2.05) is 6.07 Å². The Balaban J connectivity index is 2.71. The number of nitrogens with zero attached hydrogens (tertiary/aromatic N) is 2. The summed E-state index contributed by atoms with van der Waals surface area (Å²) in [5.74, 6) is 0. The van der Waals surface area contributed by atoms with Crippen molar-refractivity contribution in [2.45, 2.75) is 19.3 Å². The first-order valence-electron chi connectivity index (χ1n) is 4.01. The van der Waals surface area contributed by atoms with E-state index < -0.39 is 0 Å². The summed E-state index contributed by atoms with van der Waals surface area (Å²) in [6.45, 7) is 0. The quantitative estimate of drug-likeness (QED) is 0.621. The molecule has 4 heteroatoms. The molecule has 0 atom stereocenters. The molecule has 0 N–H and O–H groups in total. The van der Waals surface area contributed by atoms with Crippen LogP contribution < -0.4 is 0 Å². The molecule has 1 aromatic heterocycles. The number of rotatable bonds is 0. The molecule has 0 spiro atoms.